The van der Waals surface area contributed by atoms with Crippen molar-refractivity contribution in [3.05, 3.63) is 55.2 Å². The molecule has 1 aromatic heterocycles. The highest BCUT2D eigenvalue weighted by molar-refractivity contribution is 9.11. The first-order valence-electron chi connectivity index (χ1n) is 6.59. The van der Waals surface area contributed by atoms with E-state index in [2.05, 4.69) is 73.2 Å². The van der Waals surface area contributed by atoms with Crippen molar-refractivity contribution in [3.8, 4) is 0 Å². The number of hydrogen-bond donors (Lipinski definition) is 1. The van der Waals surface area contributed by atoms with Crippen LogP contribution in [-0.2, 0) is 0 Å². The molecule has 1 heterocycles. The predicted molar refractivity (Wildman–Crippen MR) is 88.2 cm³/mol. The van der Waals surface area contributed by atoms with Gasteiger partial charge < -0.3 is 5.32 Å². The predicted octanol–water partition coefficient (Wildman–Crippen LogP) is 5.13. The van der Waals surface area contributed by atoms with Crippen molar-refractivity contribution in [1.29, 1.82) is 0 Å². The van der Waals surface area contributed by atoms with Gasteiger partial charge in [0.2, 0.25) is 0 Å². The number of rotatable bonds is 4. The van der Waals surface area contributed by atoms with Crippen LogP contribution in [0, 0.1) is 20.8 Å². The van der Waals surface area contributed by atoms with E-state index in [0.717, 1.165) is 6.54 Å². The Kier molecular flexibility index (Phi) is 4.82. The van der Waals surface area contributed by atoms with Gasteiger partial charge in [0.1, 0.15) is 0 Å². The third-order valence-corrected chi connectivity index (χ3v) is 5.51. The van der Waals surface area contributed by atoms with Gasteiger partial charge in [0.15, 0.2) is 0 Å². The number of benzene rings is 1. The first-order chi connectivity index (χ1) is 9.02. The van der Waals surface area contributed by atoms with Crippen molar-refractivity contribution < 1.29 is 0 Å². The highest BCUT2D eigenvalue weighted by atomic mass is 79.9. The summed E-state index contributed by atoms with van der Waals surface area (Å²) in [7, 11) is 0. The highest BCUT2D eigenvalue weighted by Gasteiger charge is 2.18. The van der Waals surface area contributed by atoms with E-state index in [1.54, 1.807) is 0 Å². The zero-order valence-corrected chi connectivity index (χ0v) is 14.3. The van der Waals surface area contributed by atoms with Crippen molar-refractivity contribution in [2.75, 3.05) is 6.54 Å². The third kappa shape index (κ3) is 3.28. The van der Waals surface area contributed by atoms with Crippen LogP contribution in [0.3, 0.4) is 0 Å². The maximum atomic E-state index is 3.63. The number of aryl methyl sites for hydroxylation is 3. The fourth-order valence-electron chi connectivity index (χ4n) is 2.34. The van der Waals surface area contributed by atoms with E-state index >= 15 is 0 Å². The molecule has 102 valence electrons. The average molecular weight is 338 g/mol. The number of thiophene rings is 1. The molecule has 0 fully saturated rings. The van der Waals surface area contributed by atoms with Gasteiger partial charge in [-0.3, -0.25) is 0 Å². The summed E-state index contributed by atoms with van der Waals surface area (Å²) in [5.74, 6) is 0. The van der Waals surface area contributed by atoms with Crippen molar-refractivity contribution in [3.63, 3.8) is 0 Å². The van der Waals surface area contributed by atoms with E-state index in [-0.39, 0.29) is 0 Å². The molecule has 1 aromatic carbocycles. The Morgan fingerprint density at radius 2 is 1.89 bits per heavy atom. The van der Waals surface area contributed by atoms with Crippen LogP contribution in [-0.4, -0.2) is 6.54 Å². The first-order valence-corrected chi connectivity index (χ1v) is 8.20. The summed E-state index contributed by atoms with van der Waals surface area (Å²) in [6.45, 7) is 9.61. The molecule has 0 aliphatic carbocycles. The largest absolute Gasteiger partial charge is 0.306 e. The van der Waals surface area contributed by atoms with Crippen LogP contribution in [0.2, 0.25) is 0 Å². The molecule has 0 spiro atoms. The fraction of sp³-hybridized carbons (Fsp3) is 0.375. The molecule has 2 aromatic rings. The van der Waals surface area contributed by atoms with Crippen LogP contribution in [0.5, 0.6) is 0 Å². The van der Waals surface area contributed by atoms with E-state index in [1.807, 2.05) is 11.3 Å². The van der Waals surface area contributed by atoms with Gasteiger partial charge in [0.25, 0.3) is 0 Å². The molecule has 0 aliphatic rings. The molecule has 1 atom stereocenters. The minimum atomic E-state index is 0.292. The molecule has 0 bridgehead atoms. The summed E-state index contributed by atoms with van der Waals surface area (Å²) in [5.41, 5.74) is 5.36. The van der Waals surface area contributed by atoms with Crippen molar-refractivity contribution in [1.82, 2.24) is 5.32 Å². The van der Waals surface area contributed by atoms with Crippen LogP contribution >= 0.6 is 27.3 Å². The minimum absolute atomic E-state index is 0.292. The van der Waals surface area contributed by atoms with E-state index in [1.165, 1.54) is 30.9 Å². The molecule has 2 rings (SSSR count). The van der Waals surface area contributed by atoms with E-state index < -0.39 is 0 Å². The lowest BCUT2D eigenvalue weighted by Crippen LogP contribution is -2.21. The molecule has 19 heavy (non-hydrogen) atoms. The van der Waals surface area contributed by atoms with Crippen molar-refractivity contribution >= 4 is 27.3 Å². The molecule has 0 radical (unpaired) electrons. The summed E-state index contributed by atoms with van der Waals surface area (Å²) in [5, 5.41) is 3.61. The van der Waals surface area contributed by atoms with Crippen LogP contribution in [0.4, 0.5) is 0 Å². The molecule has 0 saturated carbocycles. The molecule has 0 amide bonds. The molecular formula is C16H20BrNS. The molecular weight excluding hydrogens is 318 g/mol. The Morgan fingerprint density at radius 3 is 2.42 bits per heavy atom. The van der Waals surface area contributed by atoms with Gasteiger partial charge in [-0.25, -0.2) is 0 Å². The van der Waals surface area contributed by atoms with Gasteiger partial charge >= 0.3 is 0 Å². The summed E-state index contributed by atoms with van der Waals surface area (Å²) in [4.78, 5) is 1.37. The standard InChI is InChI=1S/C16H20BrNS/c1-5-18-15(14-9-12(4)16(17)19-14)13-7-6-10(2)8-11(13)3/h6-9,15,18H,5H2,1-4H3. The Bertz CT molecular complexity index is 555. The van der Waals surface area contributed by atoms with Crippen LogP contribution < -0.4 is 5.32 Å². The highest BCUT2D eigenvalue weighted by Crippen LogP contribution is 2.35. The zero-order valence-electron chi connectivity index (χ0n) is 11.9. The Labute approximate surface area is 128 Å². The minimum Gasteiger partial charge on any atom is -0.306 e. The van der Waals surface area contributed by atoms with E-state index in [0.29, 0.717) is 6.04 Å². The van der Waals surface area contributed by atoms with Crippen molar-refractivity contribution in [2.24, 2.45) is 0 Å². The van der Waals surface area contributed by atoms with Gasteiger partial charge in [-0.2, -0.15) is 0 Å². The second-order valence-corrected chi connectivity index (χ2v) is 7.36. The zero-order chi connectivity index (χ0) is 14.0. The first kappa shape index (κ1) is 14.8. The molecule has 1 unspecified atom stereocenters. The summed E-state index contributed by atoms with van der Waals surface area (Å²) in [6.07, 6.45) is 0. The SMILES string of the molecule is CCNC(c1cc(C)c(Br)s1)c1ccc(C)cc1C. The quantitative estimate of drug-likeness (QED) is 0.814. The van der Waals surface area contributed by atoms with E-state index in [4.69, 9.17) is 0 Å². The fourth-order valence-corrected chi connectivity index (χ4v) is 4.01. The normalized spacial score (nSPS) is 12.7. The number of halogens is 1. The van der Waals surface area contributed by atoms with Crippen LogP contribution in [0.1, 0.15) is 40.1 Å². The second kappa shape index (κ2) is 6.21. The summed E-state index contributed by atoms with van der Waals surface area (Å²) in [6, 6.07) is 9.28. The molecule has 0 saturated heterocycles. The van der Waals surface area contributed by atoms with Crippen LogP contribution in [0.25, 0.3) is 0 Å². The second-order valence-electron chi connectivity index (χ2n) is 4.96. The molecule has 1 nitrogen and oxygen atoms in total. The van der Waals surface area contributed by atoms with Gasteiger partial charge in [-0.1, -0.05) is 30.7 Å². The van der Waals surface area contributed by atoms with Gasteiger partial charge in [0, 0.05) is 4.88 Å². The Hall–Kier alpha value is -0.640. The lowest BCUT2D eigenvalue weighted by atomic mass is 9.98. The summed E-state index contributed by atoms with van der Waals surface area (Å²) < 4.78 is 1.23. The molecule has 0 aliphatic heterocycles. The van der Waals surface area contributed by atoms with E-state index in [9.17, 15) is 0 Å². The number of hydrogen-bond acceptors (Lipinski definition) is 2. The Morgan fingerprint density at radius 1 is 1.16 bits per heavy atom. The van der Waals surface area contributed by atoms with Gasteiger partial charge in [0.05, 0.1) is 9.83 Å². The lowest BCUT2D eigenvalue weighted by Gasteiger charge is -2.19. The Balaban J connectivity index is 2.44. The topological polar surface area (TPSA) is 12.0 Å². The lowest BCUT2D eigenvalue weighted by molar-refractivity contribution is 0.636. The average Bonchev–Trinajstić information content (AvgIpc) is 2.67. The molecule has 1 N–H and O–H groups in total. The van der Waals surface area contributed by atoms with Gasteiger partial charge in [-0.05, 0) is 66.0 Å². The monoisotopic (exact) mass is 337 g/mol. The molecule has 3 heteroatoms. The van der Waals surface area contributed by atoms with Gasteiger partial charge in [-0.15, -0.1) is 11.3 Å². The maximum Gasteiger partial charge on any atom is 0.0731 e. The summed E-state index contributed by atoms with van der Waals surface area (Å²) >= 11 is 5.45. The van der Waals surface area contributed by atoms with Crippen molar-refractivity contribution in [2.45, 2.75) is 33.7 Å². The smallest absolute Gasteiger partial charge is 0.0731 e. The number of nitrogens with one attached hydrogen (secondary N) is 1. The van der Waals surface area contributed by atoms with Crippen LogP contribution in [0.15, 0.2) is 28.1 Å². The third-order valence-electron chi connectivity index (χ3n) is 3.31. The maximum absolute atomic E-state index is 3.63.